The van der Waals surface area contributed by atoms with Crippen molar-refractivity contribution in [2.75, 3.05) is 19.8 Å². The molecule has 3 heteroatoms. The van der Waals surface area contributed by atoms with Crippen molar-refractivity contribution in [3.05, 3.63) is 29.8 Å². The molecule has 0 bridgehead atoms. The Labute approximate surface area is 89.9 Å². The molecule has 0 amide bonds. The standard InChI is InChI=1S/C12H17NO2/c13-7-12(10-5-6-15-8-10)9-1-3-11(14)4-2-9/h1-4,10,12,14H,5-8,13H2. The third-order valence-electron chi connectivity index (χ3n) is 3.11. The molecular weight excluding hydrogens is 190 g/mol. The molecule has 15 heavy (non-hydrogen) atoms. The van der Waals surface area contributed by atoms with Gasteiger partial charge in [0.05, 0.1) is 6.61 Å². The van der Waals surface area contributed by atoms with Gasteiger partial charge in [0.25, 0.3) is 0 Å². The fourth-order valence-electron chi connectivity index (χ4n) is 2.19. The van der Waals surface area contributed by atoms with Gasteiger partial charge in [-0.3, -0.25) is 0 Å². The zero-order valence-corrected chi connectivity index (χ0v) is 8.73. The van der Waals surface area contributed by atoms with Crippen LogP contribution in [0.3, 0.4) is 0 Å². The Morgan fingerprint density at radius 1 is 1.40 bits per heavy atom. The minimum absolute atomic E-state index is 0.303. The molecule has 0 aliphatic carbocycles. The van der Waals surface area contributed by atoms with E-state index in [9.17, 15) is 5.11 Å². The first-order valence-corrected chi connectivity index (χ1v) is 5.38. The highest BCUT2D eigenvalue weighted by molar-refractivity contribution is 5.29. The van der Waals surface area contributed by atoms with Crippen LogP contribution in [0.1, 0.15) is 17.9 Å². The molecule has 1 fully saturated rings. The second-order valence-electron chi connectivity index (χ2n) is 4.06. The van der Waals surface area contributed by atoms with Crippen molar-refractivity contribution in [3.8, 4) is 5.75 Å². The van der Waals surface area contributed by atoms with Gasteiger partial charge in [-0.1, -0.05) is 12.1 Å². The summed E-state index contributed by atoms with van der Waals surface area (Å²) in [5.74, 6) is 1.19. The molecule has 2 rings (SSSR count). The molecule has 3 N–H and O–H groups in total. The number of hydrogen-bond donors (Lipinski definition) is 2. The van der Waals surface area contributed by atoms with E-state index in [0.29, 0.717) is 24.1 Å². The molecule has 1 saturated heterocycles. The molecule has 0 saturated carbocycles. The Morgan fingerprint density at radius 3 is 2.67 bits per heavy atom. The van der Waals surface area contributed by atoms with Gasteiger partial charge in [-0.05, 0) is 36.6 Å². The minimum atomic E-state index is 0.303. The minimum Gasteiger partial charge on any atom is -0.508 e. The lowest BCUT2D eigenvalue weighted by Gasteiger charge is -2.20. The monoisotopic (exact) mass is 207 g/mol. The van der Waals surface area contributed by atoms with E-state index in [1.807, 2.05) is 12.1 Å². The van der Waals surface area contributed by atoms with Crippen LogP contribution in [0.15, 0.2) is 24.3 Å². The van der Waals surface area contributed by atoms with Gasteiger partial charge in [0, 0.05) is 12.5 Å². The van der Waals surface area contributed by atoms with E-state index in [1.54, 1.807) is 12.1 Å². The predicted molar refractivity (Wildman–Crippen MR) is 58.8 cm³/mol. The van der Waals surface area contributed by atoms with E-state index in [0.717, 1.165) is 19.6 Å². The largest absolute Gasteiger partial charge is 0.508 e. The predicted octanol–water partition coefficient (Wildman–Crippen LogP) is 1.47. The van der Waals surface area contributed by atoms with Crippen molar-refractivity contribution in [3.63, 3.8) is 0 Å². The summed E-state index contributed by atoms with van der Waals surface area (Å²) in [7, 11) is 0. The zero-order chi connectivity index (χ0) is 10.7. The average Bonchev–Trinajstić information content (AvgIpc) is 2.75. The molecule has 0 radical (unpaired) electrons. The molecule has 1 aliphatic rings. The maximum Gasteiger partial charge on any atom is 0.115 e. The molecule has 82 valence electrons. The summed E-state index contributed by atoms with van der Waals surface area (Å²) in [6, 6.07) is 7.33. The van der Waals surface area contributed by atoms with Crippen LogP contribution < -0.4 is 5.73 Å². The molecule has 1 aromatic rings. The van der Waals surface area contributed by atoms with Crippen molar-refractivity contribution >= 4 is 0 Å². The number of phenols is 1. The average molecular weight is 207 g/mol. The zero-order valence-electron chi connectivity index (χ0n) is 8.73. The first-order chi connectivity index (χ1) is 7.31. The summed E-state index contributed by atoms with van der Waals surface area (Å²) in [6.45, 7) is 2.29. The number of nitrogens with two attached hydrogens (primary N) is 1. The van der Waals surface area contributed by atoms with Gasteiger partial charge in [-0.25, -0.2) is 0 Å². The van der Waals surface area contributed by atoms with E-state index in [4.69, 9.17) is 10.5 Å². The number of ether oxygens (including phenoxy) is 1. The third-order valence-corrected chi connectivity index (χ3v) is 3.11. The highest BCUT2D eigenvalue weighted by atomic mass is 16.5. The Balaban J connectivity index is 2.14. The van der Waals surface area contributed by atoms with Crippen LogP contribution in [0.4, 0.5) is 0 Å². The van der Waals surface area contributed by atoms with Gasteiger partial charge in [0.2, 0.25) is 0 Å². The maximum absolute atomic E-state index is 9.22. The van der Waals surface area contributed by atoms with Gasteiger partial charge >= 0.3 is 0 Å². The van der Waals surface area contributed by atoms with E-state index < -0.39 is 0 Å². The van der Waals surface area contributed by atoms with Crippen molar-refractivity contribution in [1.82, 2.24) is 0 Å². The summed E-state index contributed by atoms with van der Waals surface area (Å²) >= 11 is 0. The number of hydrogen-bond acceptors (Lipinski definition) is 3. The second-order valence-corrected chi connectivity index (χ2v) is 4.06. The van der Waals surface area contributed by atoms with Crippen LogP contribution in [0, 0.1) is 5.92 Å². The maximum atomic E-state index is 9.22. The lowest BCUT2D eigenvalue weighted by atomic mass is 9.85. The molecule has 2 atom stereocenters. The normalized spacial score (nSPS) is 22.9. The first kappa shape index (κ1) is 10.5. The van der Waals surface area contributed by atoms with Crippen LogP contribution in [0.5, 0.6) is 5.75 Å². The van der Waals surface area contributed by atoms with Crippen molar-refractivity contribution in [2.24, 2.45) is 11.7 Å². The van der Waals surface area contributed by atoms with Crippen LogP contribution in [-0.2, 0) is 4.74 Å². The Bertz CT molecular complexity index is 304. The lowest BCUT2D eigenvalue weighted by Crippen LogP contribution is -2.21. The molecule has 3 nitrogen and oxygen atoms in total. The van der Waals surface area contributed by atoms with Gasteiger partial charge in [0.15, 0.2) is 0 Å². The summed E-state index contributed by atoms with van der Waals surface area (Å²) in [6.07, 6.45) is 1.09. The summed E-state index contributed by atoms with van der Waals surface area (Å²) < 4.78 is 5.38. The molecule has 0 spiro atoms. The number of benzene rings is 1. The lowest BCUT2D eigenvalue weighted by molar-refractivity contribution is 0.181. The van der Waals surface area contributed by atoms with E-state index in [-0.39, 0.29) is 0 Å². The first-order valence-electron chi connectivity index (χ1n) is 5.38. The van der Waals surface area contributed by atoms with Gasteiger partial charge in [-0.15, -0.1) is 0 Å². The van der Waals surface area contributed by atoms with Crippen molar-refractivity contribution < 1.29 is 9.84 Å². The van der Waals surface area contributed by atoms with Crippen molar-refractivity contribution in [2.45, 2.75) is 12.3 Å². The van der Waals surface area contributed by atoms with Gasteiger partial charge in [0.1, 0.15) is 5.75 Å². The van der Waals surface area contributed by atoms with Gasteiger partial charge < -0.3 is 15.6 Å². The Kier molecular flexibility index (Phi) is 3.23. The number of phenolic OH excluding ortho intramolecular Hbond substituents is 1. The topological polar surface area (TPSA) is 55.5 Å². The third kappa shape index (κ3) is 2.30. The molecular formula is C12H17NO2. The van der Waals surface area contributed by atoms with E-state index >= 15 is 0 Å². The van der Waals surface area contributed by atoms with Crippen LogP contribution in [0.25, 0.3) is 0 Å². The van der Waals surface area contributed by atoms with Crippen LogP contribution >= 0.6 is 0 Å². The summed E-state index contributed by atoms with van der Waals surface area (Å²) in [4.78, 5) is 0. The molecule has 0 aromatic heterocycles. The molecule has 1 heterocycles. The van der Waals surface area contributed by atoms with E-state index in [1.165, 1.54) is 5.56 Å². The number of aromatic hydroxyl groups is 1. The fraction of sp³-hybridized carbons (Fsp3) is 0.500. The van der Waals surface area contributed by atoms with E-state index in [2.05, 4.69) is 0 Å². The quantitative estimate of drug-likeness (QED) is 0.789. The van der Waals surface area contributed by atoms with Crippen LogP contribution in [-0.4, -0.2) is 24.9 Å². The molecule has 2 unspecified atom stereocenters. The fourth-order valence-corrected chi connectivity index (χ4v) is 2.19. The summed E-state index contributed by atoms with van der Waals surface area (Å²) in [5, 5.41) is 9.22. The Hall–Kier alpha value is -1.06. The highest BCUT2D eigenvalue weighted by Crippen LogP contribution is 2.30. The summed E-state index contributed by atoms with van der Waals surface area (Å²) in [5.41, 5.74) is 7.00. The SMILES string of the molecule is NCC(c1ccc(O)cc1)C1CCOC1. The van der Waals surface area contributed by atoms with Crippen LogP contribution in [0.2, 0.25) is 0 Å². The smallest absolute Gasteiger partial charge is 0.115 e. The van der Waals surface area contributed by atoms with Crippen molar-refractivity contribution in [1.29, 1.82) is 0 Å². The highest BCUT2D eigenvalue weighted by Gasteiger charge is 2.25. The Morgan fingerprint density at radius 2 is 2.13 bits per heavy atom. The molecule has 1 aliphatic heterocycles. The number of rotatable bonds is 3. The van der Waals surface area contributed by atoms with Gasteiger partial charge in [-0.2, -0.15) is 0 Å². The second kappa shape index (κ2) is 4.64. The molecule has 1 aromatic carbocycles.